The van der Waals surface area contributed by atoms with Gasteiger partial charge in [-0.2, -0.15) is 0 Å². The van der Waals surface area contributed by atoms with Crippen molar-refractivity contribution < 1.29 is 4.79 Å². The number of alkyl halides is 1. The highest BCUT2D eigenvalue weighted by Crippen LogP contribution is 2.07. The zero-order chi connectivity index (χ0) is 8.27. The number of Topliss-reactive ketones (excluding diaryl/α,β-unsaturated/α-hetero) is 1. The molecule has 0 saturated heterocycles. The SMILES string of the molecule is CC(=O)c1cccc(CCl)c1. The van der Waals surface area contributed by atoms with E-state index in [1.54, 1.807) is 13.0 Å². The quantitative estimate of drug-likeness (QED) is 0.490. The normalized spacial score (nSPS) is 9.64. The van der Waals surface area contributed by atoms with Crippen LogP contribution in [-0.4, -0.2) is 5.78 Å². The fraction of sp³-hybridized carbons (Fsp3) is 0.222. The van der Waals surface area contributed by atoms with Gasteiger partial charge in [0.05, 0.1) is 0 Å². The van der Waals surface area contributed by atoms with Gasteiger partial charge in [0.15, 0.2) is 5.78 Å². The molecule has 0 spiro atoms. The Morgan fingerprint density at radius 1 is 1.55 bits per heavy atom. The van der Waals surface area contributed by atoms with E-state index in [0.29, 0.717) is 5.88 Å². The molecule has 11 heavy (non-hydrogen) atoms. The van der Waals surface area contributed by atoms with E-state index < -0.39 is 0 Å². The first-order valence-corrected chi connectivity index (χ1v) is 3.93. The number of carbonyl (C=O) groups is 1. The molecule has 1 nitrogen and oxygen atoms in total. The molecule has 0 aliphatic carbocycles. The zero-order valence-corrected chi connectivity index (χ0v) is 7.06. The molecule has 1 aromatic carbocycles. The summed E-state index contributed by atoms with van der Waals surface area (Å²) < 4.78 is 0. The van der Waals surface area contributed by atoms with Crippen LogP contribution in [0.4, 0.5) is 0 Å². The van der Waals surface area contributed by atoms with E-state index in [1.165, 1.54) is 0 Å². The molecule has 0 saturated carbocycles. The average molecular weight is 169 g/mol. The molecule has 0 radical (unpaired) electrons. The Labute approximate surface area is 71.0 Å². The van der Waals surface area contributed by atoms with E-state index in [0.717, 1.165) is 11.1 Å². The number of rotatable bonds is 2. The Morgan fingerprint density at radius 2 is 2.27 bits per heavy atom. The smallest absolute Gasteiger partial charge is 0.159 e. The van der Waals surface area contributed by atoms with E-state index >= 15 is 0 Å². The molecule has 2 heteroatoms. The topological polar surface area (TPSA) is 17.1 Å². The maximum atomic E-state index is 10.9. The van der Waals surface area contributed by atoms with Crippen molar-refractivity contribution in [1.82, 2.24) is 0 Å². The second kappa shape index (κ2) is 3.54. The summed E-state index contributed by atoms with van der Waals surface area (Å²) in [6.45, 7) is 1.55. The van der Waals surface area contributed by atoms with Gasteiger partial charge in [0, 0.05) is 11.4 Å². The minimum absolute atomic E-state index is 0.0805. The number of carbonyl (C=O) groups excluding carboxylic acids is 1. The molecule has 0 aromatic heterocycles. The van der Waals surface area contributed by atoms with Crippen molar-refractivity contribution >= 4 is 17.4 Å². The van der Waals surface area contributed by atoms with Crippen LogP contribution < -0.4 is 0 Å². The summed E-state index contributed by atoms with van der Waals surface area (Å²) in [4.78, 5) is 10.9. The van der Waals surface area contributed by atoms with Crippen LogP contribution in [-0.2, 0) is 5.88 Å². The van der Waals surface area contributed by atoms with Crippen LogP contribution in [0, 0.1) is 0 Å². The van der Waals surface area contributed by atoms with Crippen LogP contribution >= 0.6 is 11.6 Å². The van der Waals surface area contributed by atoms with Gasteiger partial charge in [0.25, 0.3) is 0 Å². The molecular weight excluding hydrogens is 160 g/mol. The molecular formula is C9H9ClO. The first-order chi connectivity index (χ1) is 5.24. The predicted molar refractivity (Wildman–Crippen MR) is 46.0 cm³/mol. The summed E-state index contributed by atoms with van der Waals surface area (Å²) in [6.07, 6.45) is 0. The fourth-order valence-corrected chi connectivity index (χ4v) is 1.04. The Balaban J connectivity index is 3.01. The van der Waals surface area contributed by atoms with Gasteiger partial charge in [0.1, 0.15) is 0 Å². The average Bonchev–Trinajstić information content (AvgIpc) is 2.05. The number of benzene rings is 1. The fourth-order valence-electron chi connectivity index (χ4n) is 0.873. The lowest BCUT2D eigenvalue weighted by Crippen LogP contribution is -1.92. The summed E-state index contributed by atoms with van der Waals surface area (Å²) in [5.41, 5.74) is 1.71. The molecule has 0 amide bonds. The number of hydrogen-bond donors (Lipinski definition) is 0. The third kappa shape index (κ3) is 2.05. The lowest BCUT2D eigenvalue weighted by atomic mass is 10.1. The van der Waals surface area contributed by atoms with Gasteiger partial charge in [-0.05, 0) is 18.6 Å². The summed E-state index contributed by atoms with van der Waals surface area (Å²) >= 11 is 5.59. The van der Waals surface area contributed by atoms with E-state index in [-0.39, 0.29) is 5.78 Å². The predicted octanol–water partition coefficient (Wildman–Crippen LogP) is 2.63. The largest absolute Gasteiger partial charge is 0.295 e. The molecule has 0 atom stereocenters. The van der Waals surface area contributed by atoms with E-state index in [1.807, 2.05) is 18.2 Å². The summed E-state index contributed by atoms with van der Waals surface area (Å²) in [5.74, 6) is 0.540. The standard InChI is InChI=1S/C9H9ClO/c1-7(11)9-4-2-3-8(5-9)6-10/h2-5H,6H2,1H3. The second-order valence-corrected chi connectivity index (χ2v) is 2.66. The molecule has 0 aliphatic heterocycles. The van der Waals surface area contributed by atoms with Gasteiger partial charge < -0.3 is 0 Å². The highest BCUT2D eigenvalue weighted by atomic mass is 35.5. The third-order valence-electron chi connectivity index (χ3n) is 1.49. The van der Waals surface area contributed by atoms with Crippen LogP contribution in [0.15, 0.2) is 24.3 Å². The summed E-state index contributed by atoms with van der Waals surface area (Å²) in [6, 6.07) is 7.35. The Bertz CT molecular complexity index is 268. The third-order valence-corrected chi connectivity index (χ3v) is 1.80. The number of hydrogen-bond acceptors (Lipinski definition) is 1. The zero-order valence-electron chi connectivity index (χ0n) is 6.30. The van der Waals surface area contributed by atoms with Crippen LogP contribution in [0.1, 0.15) is 22.8 Å². The number of ketones is 1. The maximum Gasteiger partial charge on any atom is 0.159 e. The van der Waals surface area contributed by atoms with Crippen LogP contribution in [0.5, 0.6) is 0 Å². The van der Waals surface area contributed by atoms with Crippen LogP contribution in [0.25, 0.3) is 0 Å². The Morgan fingerprint density at radius 3 is 2.82 bits per heavy atom. The molecule has 0 bridgehead atoms. The number of halogens is 1. The van der Waals surface area contributed by atoms with Crippen molar-refractivity contribution in [3.8, 4) is 0 Å². The van der Waals surface area contributed by atoms with E-state index in [2.05, 4.69) is 0 Å². The highest BCUT2D eigenvalue weighted by Gasteiger charge is 1.98. The van der Waals surface area contributed by atoms with Gasteiger partial charge in [-0.1, -0.05) is 18.2 Å². The molecule has 0 heterocycles. The maximum absolute atomic E-state index is 10.9. The summed E-state index contributed by atoms with van der Waals surface area (Å²) in [5, 5.41) is 0. The molecule has 0 N–H and O–H groups in total. The van der Waals surface area contributed by atoms with Crippen LogP contribution in [0.3, 0.4) is 0 Å². The van der Waals surface area contributed by atoms with Gasteiger partial charge in [-0.25, -0.2) is 0 Å². The van der Waals surface area contributed by atoms with Gasteiger partial charge in [-0.3, -0.25) is 4.79 Å². The minimum Gasteiger partial charge on any atom is -0.295 e. The molecule has 0 unspecified atom stereocenters. The Kier molecular flexibility index (Phi) is 2.66. The minimum atomic E-state index is 0.0805. The first kappa shape index (κ1) is 8.28. The van der Waals surface area contributed by atoms with Crippen LogP contribution in [0.2, 0.25) is 0 Å². The second-order valence-electron chi connectivity index (χ2n) is 2.39. The van der Waals surface area contributed by atoms with Gasteiger partial charge in [0.2, 0.25) is 0 Å². The van der Waals surface area contributed by atoms with E-state index in [4.69, 9.17) is 11.6 Å². The lowest BCUT2D eigenvalue weighted by Gasteiger charge is -1.97. The molecule has 1 aromatic rings. The van der Waals surface area contributed by atoms with Crippen molar-refractivity contribution in [2.45, 2.75) is 12.8 Å². The Hall–Kier alpha value is -0.820. The van der Waals surface area contributed by atoms with E-state index in [9.17, 15) is 4.79 Å². The van der Waals surface area contributed by atoms with Crippen molar-refractivity contribution in [3.05, 3.63) is 35.4 Å². The van der Waals surface area contributed by atoms with Crippen molar-refractivity contribution in [2.24, 2.45) is 0 Å². The first-order valence-electron chi connectivity index (χ1n) is 3.40. The van der Waals surface area contributed by atoms with Crippen molar-refractivity contribution in [3.63, 3.8) is 0 Å². The van der Waals surface area contributed by atoms with Gasteiger partial charge in [-0.15, -0.1) is 11.6 Å². The van der Waals surface area contributed by atoms with Crippen molar-refractivity contribution in [2.75, 3.05) is 0 Å². The molecule has 1 rings (SSSR count). The molecule has 0 aliphatic rings. The van der Waals surface area contributed by atoms with Gasteiger partial charge >= 0.3 is 0 Å². The van der Waals surface area contributed by atoms with Crippen molar-refractivity contribution in [1.29, 1.82) is 0 Å². The monoisotopic (exact) mass is 168 g/mol. The molecule has 0 fully saturated rings. The highest BCUT2D eigenvalue weighted by molar-refractivity contribution is 6.17. The lowest BCUT2D eigenvalue weighted by molar-refractivity contribution is 0.101. The summed E-state index contributed by atoms with van der Waals surface area (Å²) in [7, 11) is 0. The molecule has 58 valence electrons.